The van der Waals surface area contributed by atoms with Gasteiger partial charge in [-0.1, -0.05) is 131 Å². The smallest absolute Gasteiger partial charge is 0.194 e. The Balaban J connectivity index is 0.000000148. The molecule has 1 aliphatic carbocycles. The number of pyridine rings is 3. The van der Waals surface area contributed by atoms with E-state index in [4.69, 9.17) is 0 Å². The first-order valence-corrected chi connectivity index (χ1v) is 27.7. The maximum absolute atomic E-state index is 2.47. The fraction of sp³-hybridized carbons (Fsp3) is 0.366. The molecule has 0 amide bonds. The molecule has 0 N–H and O–H groups in total. The number of rotatable bonds is 8. The zero-order chi connectivity index (χ0) is 53.2. The van der Waals surface area contributed by atoms with Gasteiger partial charge in [0.2, 0.25) is 33.6 Å². The highest BCUT2D eigenvalue weighted by molar-refractivity contribution is 5.84. The molecule has 0 bridgehead atoms. The van der Waals surface area contributed by atoms with Crippen LogP contribution in [-0.2, 0) is 40.4 Å². The lowest BCUT2D eigenvalue weighted by molar-refractivity contribution is -0.633. The fourth-order valence-electron chi connectivity index (χ4n) is 12.1. The van der Waals surface area contributed by atoms with Crippen molar-refractivity contribution in [2.75, 3.05) is 0 Å². The summed E-state index contributed by atoms with van der Waals surface area (Å²) in [5.41, 5.74) is 28.9. The van der Waals surface area contributed by atoms with Crippen LogP contribution in [0.1, 0.15) is 127 Å². The minimum atomic E-state index is 0.261. The third-order valence-electron chi connectivity index (χ3n) is 16.3. The number of fused-ring (bicyclic) bond motifs is 3. The summed E-state index contributed by atoms with van der Waals surface area (Å²) in [6.45, 7) is 29.2. The Morgan fingerprint density at radius 2 is 0.770 bits per heavy atom. The predicted octanol–water partition coefficient (Wildman–Crippen LogP) is 17.0. The summed E-state index contributed by atoms with van der Waals surface area (Å²) >= 11 is 0. The third-order valence-corrected chi connectivity index (χ3v) is 16.3. The zero-order valence-electron chi connectivity index (χ0n) is 48.2. The van der Waals surface area contributed by atoms with Crippen LogP contribution in [0.3, 0.4) is 0 Å². The van der Waals surface area contributed by atoms with Gasteiger partial charge in [-0.15, -0.1) is 0 Å². The Kier molecular flexibility index (Phi) is 16.4. The van der Waals surface area contributed by atoms with E-state index >= 15 is 0 Å². The van der Waals surface area contributed by atoms with E-state index in [1.165, 1.54) is 172 Å². The van der Waals surface area contributed by atoms with Crippen LogP contribution in [0, 0.1) is 73.6 Å². The average Bonchev–Trinajstić information content (AvgIpc) is 3.89. The standard InChI is InChI=1S/C25H30N.C24H30N.C22H26N/c1-17-13-18(2)19(3)23(14-17)25-16-21(15-20-9-5-6-10-20)22-11-7-8-12-24(22)26(25)4;1-16-12-17(2)18(3)21(13-16)23-14-19(15-24(4,5)6)20-10-8-9-11-22(20)25(23)7;1-6-9-18-14-22(20-13-15(2)12-16(3)17(20)4)23(5)21-11-8-7-10-19(18)21/h7-8,11-14,16,20H,5-6,9-10,15H2,1-4H3;8-14H,15H2,1-7H3;7-8,10-14H,6,9H2,1-5H3/q3*+1. The number of hydrogen-bond acceptors (Lipinski definition) is 0. The number of para-hydroxylation sites is 3. The normalized spacial score (nSPS) is 12.8. The molecule has 9 aromatic rings. The van der Waals surface area contributed by atoms with Gasteiger partial charge in [-0.2, -0.15) is 13.7 Å². The number of aryl methyl sites for hydroxylation is 10. The van der Waals surface area contributed by atoms with E-state index in [9.17, 15) is 0 Å². The predicted molar refractivity (Wildman–Crippen MR) is 317 cm³/mol. The van der Waals surface area contributed by atoms with Gasteiger partial charge in [-0.05, 0) is 179 Å². The molecule has 3 heterocycles. The van der Waals surface area contributed by atoms with Crippen LogP contribution in [0.25, 0.3) is 66.5 Å². The summed E-state index contributed by atoms with van der Waals surface area (Å²) in [5, 5.41) is 4.17. The van der Waals surface area contributed by atoms with Crippen molar-refractivity contribution < 1.29 is 13.7 Å². The van der Waals surface area contributed by atoms with Crippen molar-refractivity contribution in [2.45, 2.75) is 141 Å². The van der Waals surface area contributed by atoms with Gasteiger partial charge in [-0.3, -0.25) is 0 Å². The van der Waals surface area contributed by atoms with Crippen LogP contribution in [0.5, 0.6) is 0 Å². The summed E-state index contributed by atoms with van der Waals surface area (Å²) < 4.78 is 7.08. The number of hydrogen-bond donors (Lipinski definition) is 0. The number of benzene rings is 6. The largest absolute Gasteiger partial charge is 0.213 e. The summed E-state index contributed by atoms with van der Waals surface area (Å²) in [4.78, 5) is 0. The monoisotopic (exact) mass is 981 g/mol. The van der Waals surface area contributed by atoms with Crippen LogP contribution in [-0.4, -0.2) is 0 Å². The molecule has 382 valence electrons. The van der Waals surface area contributed by atoms with Crippen molar-refractivity contribution in [3.63, 3.8) is 0 Å². The van der Waals surface area contributed by atoms with Gasteiger partial charge in [0.1, 0.15) is 21.1 Å². The molecule has 0 aliphatic heterocycles. The Morgan fingerprint density at radius 3 is 1.15 bits per heavy atom. The van der Waals surface area contributed by atoms with E-state index < -0.39 is 0 Å². The zero-order valence-corrected chi connectivity index (χ0v) is 48.2. The minimum absolute atomic E-state index is 0.261. The third kappa shape index (κ3) is 11.6. The second-order valence-electron chi connectivity index (χ2n) is 23.5. The minimum Gasteiger partial charge on any atom is -0.194 e. The molecule has 1 fully saturated rings. The molecular formula is C71H86N3+3. The lowest BCUT2D eigenvalue weighted by atomic mass is 9.85. The second kappa shape index (κ2) is 22.6. The molecule has 3 nitrogen and oxygen atoms in total. The SMILES string of the molecule is CCCc1cc(-c2cc(C)cc(C)c2C)[n+](C)c2ccccc12.Cc1cc(C)c(C)c(-c2cc(CC(C)(C)C)c3ccccc3[n+]2C)c1.Cc1cc(C)c(C)c(-c2cc(CC3CCCC3)c3ccccc3[n+]2C)c1. The van der Waals surface area contributed by atoms with E-state index in [2.05, 4.69) is 252 Å². The summed E-state index contributed by atoms with van der Waals surface area (Å²) in [5.74, 6) is 0.860. The van der Waals surface area contributed by atoms with Crippen LogP contribution in [0.4, 0.5) is 0 Å². The van der Waals surface area contributed by atoms with E-state index in [1.54, 1.807) is 0 Å². The maximum atomic E-state index is 2.47. The van der Waals surface area contributed by atoms with Gasteiger partial charge in [0.15, 0.2) is 0 Å². The molecular weight excluding hydrogens is 895 g/mol. The van der Waals surface area contributed by atoms with Crippen LogP contribution < -0.4 is 13.7 Å². The first-order valence-electron chi connectivity index (χ1n) is 27.7. The number of aromatic nitrogens is 3. The van der Waals surface area contributed by atoms with Crippen molar-refractivity contribution >= 4 is 32.7 Å². The molecule has 10 rings (SSSR count). The van der Waals surface area contributed by atoms with Crippen molar-refractivity contribution in [2.24, 2.45) is 32.5 Å². The van der Waals surface area contributed by atoms with Gasteiger partial charge in [0.05, 0.1) is 0 Å². The second-order valence-corrected chi connectivity index (χ2v) is 23.5. The first-order chi connectivity index (χ1) is 35.2. The molecule has 1 saturated carbocycles. The highest BCUT2D eigenvalue weighted by atomic mass is 14.9. The van der Waals surface area contributed by atoms with Crippen LogP contribution in [0.15, 0.2) is 127 Å². The maximum Gasteiger partial charge on any atom is 0.213 e. The molecule has 0 atom stereocenters. The lowest BCUT2D eigenvalue weighted by Gasteiger charge is -2.20. The Hall–Kier alpha value is -6.45. The van der Waals surface area contributed by atoms with E-state index in [0.717, 1.165) is 18.8 Å². The van der Waals surface area contributed by atoms with Gasteiger partial charge in [-0.25, -0.2) is 0 Å². The molecule has 6 aromatic carbocycles. The lowest BCUT2D eigenvalue weighted by Crippen LogP contribution is -2.33. The molecule has 0 unspecified atom stereocenters. The molecule has 0 saturated heterocycles. The van der Waals surface area contributed by atoms with Gasteiger partial charge >= 0.3 is 0 Å². The van der Waals surface area contributed by atoms with E-state index in [1.807, 2.05) is 0 Å². The molecule has 0 spiro atoms. The average molecular weight is 981 g/mol. The van der Waals surface area contributed by atoms with E-state index in [0.29, 0.717) is 0 Å². The quantitative estimate of drug-likeness (QED) is 0.135. The van der Waals surface area contributed by atoms with Gasteiger partial charge in [0.25, 0.3) is 0 Å². The summed E-state index contributed by atoms with van der Waals surface area (Å²) in [6.07, 6.45) is 10.2. The van der Waals surface area contributed by atoms with Crippen molar-refractivity contribution in [3.8, 4) is 33.8 Å². The highest BCUT2D eigenvalue weighted by Crippen LogP contribution is 2.35. The first kappa shape index (κ1) is 53.8. The Bertz CT molecular complexity index is 3520. The molecule has 74 heavy (non-hydrogen) atoms. The molecule has 0 radical (unpaired) electrons. The van der Waals surface area contributed by atoms with Gasteiger partial charge < -0.3 is 0 Å². The fourth-order valence-corrected chi connectivity index (χ4v) is 12.1. The van der Waals surface area contributed by atoms with Crippen LogP contribution >= 0.6 is 0 Å². The summed E-state index contributed by atoms with van der Waals surface area (Å²) in [7, 11) is 6.59. The Morgan fingerprint density at radius 1 is 0.432 bits per heavy atom. The molecule has 1 aliphatic rings. The Labute approximate surface area is 446 Å². The van der Waals surface area contributed by atoms with Gasteiger partial charge in [0, 0.05) is 69.2 Å². The number of nitrogens with zero attached hydrogens (tertiary/aromatic N) is 3. The topological polar surface area (TPSA) is 11.6 Å². The van der Waals surface area contributed by atoms with Crippen molar-refractivity contribution in [1.82, 2.24) is 0 Å². The van der Waals surface area contributed by atoms with Crippen LogP contribution in [0.2, 0.25) is 0 Å². The highest BCUT2D eigenvalue weighted by Gasteiger charge is 2.26. The molecule has 3 aromatic heterocycles. The van der Waals surface area contributed by atoms with E-state index in [-0.39, 0.29) is 5.41 Å². The van der Waals surface area contributed by atoms with Crippen molar-refractivity contribution in [3.05, 3.63) is 194 Å². The summed E-state index contributed by atoms with van der Waals surface area (Å²) in [6, 6.07) is 47.6. The molecule has 3 heteroatoms. The van der Waals surface area contributed by atoms with Crippen molar-refractivity contribution in [1.29, 1.82) is 0 Å².